The van der Waals surface area contributed by atoms with Gasteiger partial charge >= 0.3 is 5.69 Å². The van der Waals surface area contributed by atoms with Crippen molar-refractivity contribution in [3.8, 4) is 0 Å². The lowest BCUT2D eigenvalue weighted by Gasteiger charge is -2.20. The number of aliphatic hydroxyl groups excluding tert-OH is 2. The molecule has 0 amide bonds. The van der Waals surface area contributed by atoms with Gasteiger partial charge in [0.25, 0.3) is 0 Å². The maximum absolute atomic E-state index is 11.7. The first-order chi connectivity index (χ1) is 8.58. The predicted molar refractivity (Wildman–Crippen MR) is 60.7 cm³/mol. The molecule has 4 atom stereocenters. The molecule has 0 radical (unpaired) electrons. The normalized spacial score (nSPS) is 31.7. The van der Waals surface area contributed by atoms with Crippen LogP contribution in [0.4, 0.5) is 5.82 Å². The van der Waals surface area contributed by atoms with Crippen molar-refractivity contribution in [2.24, 2.45) is 0 Å². The van der Waals surface area contributed by atoms with Crippen LogP contribution in [-0.2, 0) is 9.47 Å². The third kappa shape index (κ3) is 2.10. The first-order valence-electron chi connectivity index (χ1n) is 5.40. The van der Waals surface area contributed by atoms with Crippen LogP contribution in [0.25, 0.3) is 0 Å². The van der Waals surface area contributed by atoms with Gasteiger partial charge in [-0.1, -0.05) is 0 Å². The fraction of sp³-hybridized carbons (Fsp3) is 0.600. The topological polar surface area (TPSA) is 120 Å². The highest BCUT2D eigenvalue weighted by molar-refractivity contribution is 5.23. The van der Waals surface area contributed by atoms with Crippen LogP contribution in [0.2, 0.25) is 0 Å². The zero-order chi connectivity index (χ0) is 13.3. The number of nitrogen functional groups attached to an aromatic ring is 1. The lowest BCUT2D eigenvalue weighted by molar-refractivity contribution is -0.0624. The van der Waals surface area contributed by atoms with E-state index in [1.54, 1.807) is 0 Å². The maximum Gasteiger partial charge on any atom is 0.351 e. The molecule has 1 aromatic heterocycles. The van der Waals surface area contributed by atoms with Gasteiger partial charge in [-0.15, -0.1) is 0 Å². The first kappa shape index (κ1) is 13.0. The van der Waals surface area contributed by atoms with Crippen molar-refractivity contribution in [3.63, 3.8) is 0 Å². The van der Waals surface area contributed by atoms with Crippen LogP contribution in [0.5, 0.6) is 0 Å². The van der Waals surface area contributed by atoms with Crippen molar-refractivity contribution >= 4 is 5.82 Å². The van der Waals surface area contributed by atoms with E-state index in [2.05, 4.69) is 4.98 Å². The van der Waals surface area contributed by atoms with Crippen LogP contribution in [0.15, 0.2) is 17.1 Å². The number of rotatable bonds is 3. The number of nitrogens with two attached hydrogens (primary N) is 1. The summed E-state index contributed by atoms with van der Waals surface area (Å²) in [6.45, 7) is -0.366. The van der Waals surface area contributed by atoms with E-state index >= 15 is 0 Å². The monoisotopic (exact) mass is 257 g/mol. The maximum atomic E-state index is 11.7. The zero-order valence-electron chi connectivity index (χ0n) is 9.76. The second kappa shape index (κ2) is 5.02. The van der Waals surface area contributed by atoms with E-state index in [0.717, 1.165) is 0 Å². The zero-order valence-corrected chi connectivity index (χ0v) is 9.76. The van der Waals surface area contributed by atoms with Crippen molar-refractivity contribution < 1.29 is 19.7 Å². The molecule has 8 nitrogen and oxygen atoms in total. The average molecular weight is 257 g/mol. The van der Waals surface area contributed by atoms with Crippen LogP contribution in [0.1, 0.15) is 6.23 Å². The molecule has 1 aromatic rings. The molecule has 1 fully saturated rings. The molecule has 2 heterocycles. The van der Waals surface area contributed by atoms with Crippen LogP contribution in [0, 0.1) is 0 Å². The number of hydrogen-bond donors (Lipinski definition) is 3. The van der Waals surface area contributed by atoms with Gasteiger partial charge in [0.1, 0.15) is 24.1 Å². The number of nitrogens with zero attached hydrogens (tertiary/aromatic N) is 2. The Labute approximate surface area is 103 Å². The van der Waals surface area contributed by atoms with Gasteiger partial charge in [-0.25, -0.2) is 4.79 Å². The molecule has 0 aliphatic carbocycles. The minimum Gasteiger partial charge on any atom is -0.394 e. The highest BCUT2D eigenvalue weighted by Gasteiger charge is 2.45. The van der Waals surface area contributed by atoms with Gasteiger partial charge in [0.15, 0.2) is 6.23 Å². The Morgan fingerprint density at radius 3 is 2.94 bits per heavy atom. The van der Waals surface area contributed by atoms with Crippen molar-refractivity contribution in [1.29, 1.82) is 0 Å². The Kier molecular flexibility index (Phi) is 3.62. The number of methoxy groups -OCH3 is 1. The molecule has 18 heavy (non-hydrogen) atoms. The smallest absolute Gasteiger partial charge is 0.351 e. The number of ether oxygens (including phenoxy) is 2. The molecule has 1 saturated heterocycles. The largest absolute Gasteiger partial charge is 0.394 e. The number of anilines is 1. The Hall–Kier alpha value is -1.48. The molecule has 0 spiro atoms. The van der Waals surface area contributed by atoms with Crippen LogP contribution in [0.3, 0.4) is 0 Å². The highest BCUT2D eigenvalue weighted by atomic mass is 16.6. The molecule has 0 aromatic carbocycles. The molecule has 4 N–H and O–H groups in total. The lowest BCUT2D eigenvalue weighted by atomic mass is 10.1. The molecule has 0 saturated carbocycles. The van der Waals surface area contributed by atoms with Gasteiger partial charge < -0.3 is 25.4 Å². The van der Waals surface area contributed by atoms with Crippen LogP contribution >= 0.6 is 0 Å². The van der Waals surface area contributed by atoms with E-state index in [9.17, 15) is 9.90 Å². The summed E-state index contributed by atoms with van der Waals surface area (Å²) in [4.78, 5) is 15.3. The van der Waals surface area contributed by atoms with Crippen molar-refractivity contribution in [1.82, 2.24) is 9.55 Å². The Bertz CT molecular complexity index is 477. The molecule has 1 aliphatic heterocycles. The lowest BCUT2D eigenvalue weighted by Crippen LogP contribution is -2.37. The second-order valence-electron chi connectivity index (χ2n) is 3.98. The molecular formula is C10H15N3O5. The van der Waals surface area contributed by atoms with Crippen molar-refractivity contribution in [3.05, 3.63) is 22.7 Å². The second-order valence-corrected chi connectivity index (χ2v) is 3.98. The number of hydrogen-bond acceptors (Lipinski definition) is 7. The van der Waals surface area contributed by atoms with Crippen LogP contribution < -0.4 is 11.4 Å². The van der Waals surface area contributed by atoms with Crippen LogP contribution in [-0.4, -0.2) is 51.8 Å². The Morgan fingerprint density at radius 2 is 2.39 bits per heavy atom. The summed E-state index contributed by atoms with van der Waals surface area (Å²) in [7, 11) is 1.39. The molecular weight excluding hydrogens is 242 g/mol. The van der Waals surface area contributed by atoms with E-state index in [1.807, 2.05) is 0 Å². The quantitative estimate of drug-likeness (QED) is 0.578. The SMILES string of the molecule is CO[C@H]1C(n2ccc(N)nc2=O)O[C@H](CO)[C@H]1O. The third-order valence-electron chi connectivity index (χ3n) is 2.89. The van der Waals surface area contributed by atoms with Gasteiger partial charge in [-0.05, 0) is 6.07 Å². The molecule has 2 rings (SSSR count). The van der Waals surface area contributed by atoms with E-state index < -0.39 is 30.2 Å². The molecule has 1 aliphatic rings. The van der Waals surface area contributed by atoms with E-state index in [4.69, 9.17) is 20.3 Å². The summed E-state index contributed by atoms with van der Waals surface area (Å²) in [6, 6.07) is 1.44. The Morgan fingerprint density at radius 1 is 1.67 bits per heavy atom. The van der Waals surface area contributed by atoms with Gasteiger partial charge in [0.2, 0.25) is 0 Å². The average Bonchev–Trinajstić information content (AvgIpc) is 2.65. The summed E-state index contributed by atoms with van der Waals surface area (Å²) >= 11 is 0. The minimum absolute atomic E-state index is 0.0995. The fourth-order valence-corrected chi connectivity index (χ4v) is 1.97. The summed E-state index contributed by atoms with van der Waals surface area (Å²) in [6.07, 6.45) is -2.01. The van der Waals surface area contributed by atoms with Crippen molar-refractivity contribution in [2.75, 3.05) is 19.5 Å². The molecule has 1 unspecified atom stereocenters. The van der Waals surface area contributed by atoms with Crippen molar-refractivity contribution in [2.45, 2.75) is 24.5 Å². The third-order valence-corrected chi connectivity index (χ3v) is 2.89. The van der Waals surface area contributed by atoms with E-state index in [1.165, 1.54) is 23.9 Å². The Balaban J connectivity index is 2.35. The number of aromatic nitrogens is 2. The molecule has 0 bridgehead atoms. The summed E-state index contributed by atoms with van der Waals surface area (Å²) in [5.41, 5.74) is 4.78. The molecule has 8 heteroatoms. The van der Waals surface area contributed by atoms with Gasteiger partial charge in [-0.3, -0.25) is 4.57 Å². The molecule has 100 valence electrons. The van der Waals surface area contributed by atoms with Gasteiger partial charge in [0, 0.05) is 13.3 Å². The predicted octanol–water partition coefficient (Wildman–Crippen LogP) is -1.91. The fourth-order valence-electron chi connectivity index (χ4n) is 1.97. The highest BCUT2D eigenvalue weighted by Crippen LogP contribution is 2.30. The number of aliphatic hydroxyl groups is 2. The standard InChI is InChI=1S/C10H15N3O5/c1-17-8-7(15)5(4-14)18-9(8)13-3-2-6(11)12-10(13)16/h2-3,5,7-9,14-15H,4H2,1H3,(H2,11,12,16)/t5-,7-,8-,9?/m1/s1. The minimum atomic E-state index is -1.02. The summed E-state index contributed by atoms with van der Waals surface area (Å²) in [5.74, 6) is 0.0995. The van der Waals surface area contributed by atoms with Gasteiger partial charge in [-0.2, -0.15) is 4.98 Å². The summed E-state index contributed by atoms with van der Waals surface area (Å²) < 4.78 is 11.7. The summed E-state index contributed by atoms with van der Waals surface area (Å²) in [5, 5.41) is 18.9. The first-order valence-corrected chi connectivity index (χ1v) is 5.40. The van der Waals surface area contributed by atoms with Gasteiger partial charge in [0.05, 0.1) is 6.61 Å². The van der Waals surface area contributed by atoms with E-state index in [-0.39, 0.29) is 12.4 Å². The van der Waals surface area contributed by atoms with E-state index in [0.29, 0.717) is 0 Å².